The maximum atomic E-state index is 11.9. The number of rotatable bonds is 6. The van der Waals surface area contributed by atoms with E-state index in [4.69, 9.17) is 15.4 Å². The van der Waals surface area contributed by atoms with E-state index in [1.807, 2.05) is 6.92 Å². The molecule has 1 N–H and O–H groups in total. The van der Waals surface area contributed by atoms with Crippen molar-refractivity contribution in [3.63, 3.8) is 0 Å². The van der Waals surface area contributed by atoms with E-state index in [1.165, 1.54) is 16.8 Å². The zero-order valence-corrected chi connectivity index (χ0v) is 12.6. The molecule has 0 saturated carbocycles. The molecule has 1 aromatic heterocycles. The van der Waals surface area contributed by atoms with E-state index >= 15 is 0 Å². The zero-order valence-electron chi connectivity index (χ0n) is 11.0. The molecule has 0 aliphatic carbocycles. The average molecular weight is 309 g/mol. The van der Waals surface area contributed by atoms with Gasteiger partial charge in [0.15, 0.2) is 0 Å². The number of hydrogen-bond donors (Lipinski definition) is 1. The number of carbonyl (C=O) groups is 1. The molecule has 0 bridgehead atoms. The van der Waals surface area contributed by atoms with E-state index in [-0.39, 0.29) is 22.4 Å². The van der Waals surface area contributed by atoms with E-state index in [9.17, 15) is 13.2 Å². The summed E-state index contributed by atoms with van der Waals surface area (Å²) in [5.41, 5.74) is 0.240. The molecule has 0 aliphatic rings. The van der Waals surface area contributed by atoms with Crippen LogP contribution in [0, 0.1) is 5.92 Å². The topological polar surface area (TPSA) is 77.4 Å². The van der Waals surface area contributed by atoms with Crippen LogP contribution in [0.1, 0.15) is 17.4 Å². The van der Waals surface area contributed by atoms with Gasteiger partial charge in [-0.05, 0) is 12.0 Å². The summed E-state index contributed by atoms with van der Waals surface area (Å²) in [5.74, 6) is -0.178. The first-order valence-electron chi connectivity index (χ1n) is 5.64. The van der Waals surface area contributed by atoms with Crippen molar-refractivity contribution in [2.24, 2.45) is 13.0 Å². The van der Waals surface area contributed by atoms with Crippen LogP contribution in [0.5, 0.6) is 0 Å². The first-order valence-corrected chi connectivity index (χ1v) is 7.94. The van der Waals surface area contributed by atoms with Crippen molar-refractivity contribution >= 4 is 25.6 Å². The molecule has 1 rings (SSSR count). The van der Waals surface area contributed by atoms with Gasteiger partial charge in [0.2, 0.25) is 0 Å². The summed E-state index contributed by atoms with van der Waals surface area (Å²) >= 11 is 0. The predicted molar refractivity (Wildman–Crippen MR) is 71.8 cm³/mol. The molecule has 8 heteroatoms. The quantitative estimate of drug-likeness (QED) is 0.794. The maximum Gasteiger partial charge on any atom is 0.267 e. The summed E-state index contributed by atoms with van der Waals surface area (Å²) < 4.78 is 28.7. The van der Waals surface area contributed by atoms with Crippen molar-refractivity contribution in [3.8, 4) is 0 Å². The third-order valence-electron chi connectivity index (χ3n) is 2.56. The lowest BCUT2D eigenvalue weighted by atomic mass is 10.2. The highest BCUT2D eigenvalue weighted by Gasteiger charge is 2.18. The Balaban J connectivity index is 2.75. The number of nitrogens with one attached hydrogen (secondary N) is 1. The number of methoxy groups -OCH3 is 1. The normalized spacial score (nSPS) is 13.3. The molecule has 1 aromatic rings. The number of carbonyl (C=O) groups excluding carboxylic acids is 1. The Morgan fingerprint density at radius 2 is 2.21 bits per heavy atom. The summed E-state index contributed by atoms with van der Waals surface area (Å²) in [5, 5.41) is 2.71. The summed E-state index contributed by atoms with van der Waals surface area (Å²) in [4.78, 5) is 11.8. The molecule has 1 amide bonds. The third-order valence-corrected chi connectivity index (χ3v) is 3.88. The molecule has 6 nitrogen and oxygen atoms in total. The van der Waals surface area contributed by atoms with Crippen molar-refractivity contribution in [1.29, 1.82) is 0 Å². The minimum Gasteiger partial charge on any atom is -0.384 e. The molecule has 108 valence electrons. The van der Waals surface area contributed by atoms with Crippen LogP contribution in [0.25, 0.3) is 0 Å². The predicted octanol–water partition coefficient (Wildman–Crippen LogP) is 0.965. The second kappa shape index (κ2) is 6.40. The van der Waals surface area contributed by atoms with Gasteiger partial charge in [-0.3, -0.25) is 4.79 Å². The fourth-order valence-electron chi connectivity index (χ4n) is 1.59. The van der Waals surface area contributed by atoms with Crippen molar-refractivity contribution < 1.29 is 17.9 Å². The van der Waals surface area contributed by atoms with Gasteiger partial charge in [-0.25, -0.2) is 8.42 Å². The van der Waals surface area contributed by atoms with Gasteiger partial charge < -0.3 is 14.6 Å². The van der Waals surface area contributed by atoms with Crippen LogP contribution in [0.4, 0.5) is 0 Å². The standard InChI is InChI=1S/C11H17ClN2O4S/c1-8(7-18-3)5-13-11(15)10-4-9(6-14(10)2)19(12,16)17/h4,6,8H,5,7H2,1-3H3,(H,13,15). The Bertz CT molecular complexity index is 553. The van der Waals surface area contributed by atoms with Crippen LogP contribution in [0.15, 0.2) is 17.2 Å². The fraction of sp³-hybridized carbons (Fsp3) is 0.545. The lowest BCUT2D eigenvalue weighted by Crippen LogP contribution is -2.31. The van der Waals surface area contributed by atoms with Crippen LogP contribution >= 0.6 is 10.7 Å². The van der Waals surface area contributed by atoms with Crippen molar-refractivity contribution in [2.75, 3.05) is 20.3 Å². The minimum absolute atomic E-state index is 0.0910. The number of halogens is 1. The first-order chi connectivity index (χ1) is 8.75. The highest BCUT2D eigenvalue weighted by molar-refractivity contribution is 8.13. The molecule has 0 radical (unpaired) electrons. The summed E-state index contributed by atoms with van der Waals surface area (Å²) in [6, 6.07) is 1.25. The molecule has 19 heavy (non-hydrogen) atoms. The lowest BCUT2D eigenvalue weighted by Gasteiger charge is -2.11. The van der Waals surface area contributed by atoms with Gasteiger partial charge in [-0.2, -0.15) is 0 Å². The first kappa shape index (κ1) is 16.0. The number of aryl methyl sites for hydroxylation is 1. The molecule has 1 heterocycles. The van der Waals surface area contributed by atoms with Gasteiger partial charge in [0, 0.05) is 37.6 Å². The van der Waals surface area contributed by atoms with E-state index in [0.29, 0.717) is 13.2 Å². The van der Waals surface area contributed by atoms with Gasteiger partial charge in [-0.1, -0.05) is 6.92 Å². The maximum absolute atomic E-state index is 11.9. The Morgan fingerprint density at radius 1 is 1.58 bits per heavy atom. The van der Waals surface area contributed by atoms with Crippen LogP contribution in [0.2, 0.25) is 0 Å². The van der Waals surface area contributed by atoms with E-state index < -0.39 is 9.05 Å². The number of ether oxygens (including phenoxy) is 1. The molecule has 0 saturated heterocycles. The Kier molecular flexibility index (Phi) is 5.39. The Labute approximate surface area is 117 Å². The van der Waals surface area contributed by atoms with E-state index in [1.54, 1.807) is 14.2 Å². The molecular weight excluding hydrogens is 292 g/mol. The van der Waals surface area contributed by atoms with E-state index in [0.717, 1.165) is 0 Å². The second-order valence-electron chi connectivity index (χ2n) is 4.38. The molecule has 0 aliphatic heterocycles. The molecule has 0 aromatic carbocycles. The summed E-state index contributed by atoms with van der Waals surface area (Å²) in [6.45, 7) is 2.92. The number of amides is 1. The lowest BCUT2D eigenvalue weighted by molar-refractivity contribution is 0.0926. The Morgan fingerprint density at radius 3 is 2.68 bits per heavy atom. The van der Waals surface area contributed by atoms with Crippen LogP contribution < -0.4 is 5.32 Å². The fourth-order valence-corrected chi connectivity index (χ4v) is 2.38. The number of hydrogen-bond acceptors (Lipinski definition) is 4. The molecule has 0 fully saturated rings. The highest BCUT2D eigenvalue weighted by atomic mass is 35.7. The minimum atomic E-state index is -3.83. The van der Waals surface area contributed by atoms with Gasteiger partial charge >= 0.3 is 0 Å². The average Bonchev–Trinajstić information content (AvgIpc) is 2.68. The smallest absolute Gasteiger partial charge is 0.267 e. The van der Waals surface area contributed by atoms with Crippen molar-refractivity contribution in [2.45, 2.75) is 11.8 Å². The van der Waals surface area contributed by atoms with Crippen LogP contribution in [-0.2, 0) is 20.8 Å². The number of aromatic nitrogens is 1. The van der Waals surface area contributed by atoms with Crippen LogP contribution in [0.3, 0.4) is 0 Å². The van der Waals surface area contributed by atoms with Crippen LogP contribution in [-0.4, -0.2) is 39.2 Å². The number of nitrogens with zero attached hydrogens (tertiary/aromatic N) is 1. The van der Waals surface area contributed by atoms with Gasteiger partial charge in [0.1, 0.15) is 10.6 Å². The van der Waals surface area contributed by atoms with Gasteiger partial charge in [0.05, 0.1) is 6.61 Å². The van der Waals surface area contributed by atoms with E-state index in [2.05, 4.69) is 5.32 Å². The van der Waals surface area contributed by atoms with Gasteiger partial charge in [-0.15, -0.1) is 0 Å². The third kappa shape index (κ3) is 4.52. The SMILES string of the molecule is COCC(C)CNC(=O)c1cc(S(=O)(=O)Cl)cn1C. The summed E-state index contributed by atoms with van der Waals surface area (Å²) in [6.07, 6.45) is 1.30. The second-order valence-corrected chi connectivity index (χ2v) is 6.95. The monoisotopic (exact) mass is 308 g/mol. The van der Waals surface area contributed by atoms with Crippen molar-refractivity contribution in [3.05, 3.63) is 18.0 Å². The summed E-state index contributed by atoms with van der Waals surface area (Å²) in [7, 11) is 4.57. The molecule has 1 unspecified atom stereocenters. The zero-order chi connectivity index (χ0) is 14.6. The van der Waals surface area contributed by atoms with Gasteiger partial charge in [0.25, 0.3) is 15.0 Å². The Hall–Kier alpha value is -1.05. The van der Waals surface area contributed by atoms with Crippen molar-refractivity contribution in [1.82, 2.24) is 9.88 Å². The largest absolute Gasteiger partial charge is 0.384 e. The highest BCUT2D eigenvalue weighted by Crippen LogP contribution is 2.17. The molecule has 0 spiro atoms. The molecule has 1 atom stereocenters. The molecular formula is C11H17ClN2O4S.